The molecule has 5 rings (SSSR count). The summed E-state index contributed by atoms with van der Waals surface area (Å²) >= 11 is 0. The zero-order valence-corrected chi connectivity index (χ0v) is 25.8. The highest BCUT2D eigenvalue weighted by Crippen LogP contribution is 2.39. The molecule has 5 N–H and O–H groups in total. The van der Waals surface area contributed by atoms with Crippen LogP contribution >= 0.6 is 0 Å². The largest absolute Gasteiger partial charge is 0.480 e. The van der Waals surface area contributed by atoms with Crippen LogP contribution in [0.3, 0.4) is 0 Å². The molecule has 0 unspecified atom stereocenters. The number of sulfonamides is 1. The van der Waals surface area contributed by atoms with Crippen LogP contribution < -0.4 is 20.9 Å². The van der Waals surface area contributed by atoms with Crippen molar-refractivity contribution in [1.82, 2.24) is 14.5 Å². The fourth-order valence-electron chi connectivity index (χ4n) is 5.97. The summed E-state index contributed by atoms with van der Waals surface area (Å²) in [6.07, 6.45) is 1.01. The van der Waals surface area contributed by atoms with Crippen molar-refractivity contribution in [3.63, 3.8) is 0 Å². The first kappa shape index (κ1) is 31.8. The first-order valence-corrected chi connectivity index (χ1v) is 15.4. The van der Waals surface area contributed by atoms with E-state index in [-0.39, 0.29) is 30.0 Å². The second-order valence-electron chi connectivity index (χ2n) is 12.0. The molecule has 0 bridgehead atoms. The van der Waals surface area contributed by atoms with Crippen LogP contribution in [0.15, 0.2) is 35.2 Å². The molecule has 45 heavy (non-hydrogen) atoms. The maximum absolute atomic E-state index is 13.9. The molecule has 0 spiro atoms. The summed E-state index contributed by atoms with van der Waals surface area (Å²) < 4.78 is 55.9. The van der Waals surface area contributed by atoms with Crippen LogP contribution in [0.2, 0.25) is 0 Å². The fraction of sp³-hybridized carbons (Fsp3) is 0.379. The van der Waals surface area contributed by atoms with Crippen LogP contribution in [-0.4, -0.2) is 79.0 Å². The summed E-state index contributed by atoms with van der Waals surface area (Å²) in [5, 5.41) is 19.5. The van der Waals surface area contributed by atoms with E-state index < -0.39 is 55.8 Å². The van der Waals surface area contributed by atoms with Gasteiger partial charge in [0.05, 0.1) is 27.4 Å². The van der Waals surface area contributed by atoms with Gasteiger partial charge in [-0.2, -0.15) is 9.40 Å². The van der Waals surface area contributed by atoms with E-state index in [9.17, 15) is 36.7 Å². The lowest BCUT2D eigenvalue weighted by Crippen LogP contribution is -2.45. The number of carbonyl (C=O) groups excluding carboxylic acids is 2. The number of aromatic nitrogens is 2. The summed E-state index contributed by atoms with van der Waals surface area (Å²) in [5.41, 5.74) is 6.32. The molecule has 2 aliphatic heterocycles. The van der Waals surface area contributed by atoms with Gasteiger partial charge < -0.3 is 26.0 Å². The van der Waals surface area contributed by atoms with Gasteiger partial charge >= 0.3 is 5.97 Å². The number of nitrogens with two attached hydrogens (primary N) is 1. The highest BCUT2D eigenvalue weighted by Gasteiger charge is 2.41. The summed E-state index contributed by atoms with van der Waals surface area (Å²) in [5.74, 6) is -4.82. The summed E-state index contributed by atoms with van der Waals surface area (Å²) in [6.45, 7) is 3.56. The molecule has 2 amide bonds. The molecule has 16 heteroatoms. The Kier molecular flexibility index (Phi) is 8.08. The van der Waals surface area contributed by atoms with Crippen molar-refractivity contribution in [2.45, 2.75) is 49.6 Å². The molecule has 1 fully saturated rings. The molecule has 2 aromatic carbocycles. The average molecular weight is 646 g/mol. The average Bonchev–Trinajstić information content (AvgIpc) is 3.59. The van der Waals surface area contributed by atoms with E-state index in [2.05, 4.69) is 15.5 Å². The lowest BCUT2D eigenvalue weighted by Gasteiger charge is -2.36. The molecule has 1 atom stereocenters. The molecule has 1 aromatic heterocycles. The number of carboxylic acids is 1. The number of nitrogens with one attached hydrogen (secondary N) is 2. The lowest BCUT2D eigenvalue weighted by atomic mass is 9.84. The molecule has 3 aromatic rings. The zero-order valence-electron chi connectivity index (χ0n) is 25.0. The Morgan fingerprint density at radius 2 is 1.78 bits per heavy atom. The number of anilines is 3. The molecule has 240 valence electrons. The van der Waals surface area contributed by atoms with Crippen LogP contribution in [0.25, 0.3) is 0 Å². The van der Waals surface area contributed by atoms with Crippen molar-refractivity contribution in [3.8, 4) is 0 Å². The minimum atomic E-state index is -4.37. The Hall–Kier alpha value is -4.57. The standard InChI is InChI=1S/C29H33F2N7O6S/c1-29(2)14-37(45(43,44)17-9-15(30)8-16(31)10-17)13-20-24(29)34-35-26(20)33-27(40)19-12-23(38-7-5-6-21(38)28(41)42)22(36(3)4)11-18(19)25(32)39/h8-12,21H,5-7,13-14H2,1-4H3,(H2,32,39)(H,41,42)(H2,33,34,35,40)/t21-/m1/s1. The number of carboxylic acid groups (broad SMARTS) is 1. The first-order valence-electron chi connectivity index (χ1n) is 14.0. The number of nitrogens with zero attached hydrogens (tertiary/aromatic N) is 4. The van der Waals surface area contributed by atoms with Crippen molar-refractivity contribution < 1.29 is 36.7 Å². The minimum absolute atomic E-state index is 0.0216. The number of aromatic amines is 1. The van der Waals surface area contributed by atoms with Gasteiger partial charge in [-0.25, -0.2) is 22.0 Å². The van der Waals surface area contributed by atoms with Crippen LogP contribution in [0, 0.1) is 11.6 Å². The van der Waals surface area contributed by atoms with Gasteiger partial charge in [0.25, 0.3) is 5.91 Å². The third-order valence-corrected chi connectivity index (χ3v) is 9.88. The topological polar surface area (TPSA) is 182 Å². The van der Waals surface area contributed by atoms with E-state index in [0.29, 0.717) is 48.1 Å². The number of fused-ring (bicyclic) bond motifs is 1. The number of benzene rings is 2. The van der Waals surface area contributed by atoms with Crippen molar-refractivity contribution in [1.29, 1.82) is 0 Å². The SMILES string of the molecule is CN(C)c1cc(C(N)=O)c(C(=O)Nc2n[nH]c3c2CN(S(=O)(=O)c2cc(F)cc(F)c2)CC3(C)C)cc1N1CCC[C@@H]1C(=O)O. The lowest BCUT2D eigenvalue weighted by molar-refractivity contribution is -0.138. The van der Waals surface area contributed by atoms with E-state index in [0.717, 1.165) is 16.4 Å². The number of halogens is 2. The Labute approximate surface area is 258 Å². The van der Waals surface area contributed by atoms with Crippen LogP contribution in [0.4, 0.5) is 26.0 Å². The number of rotatable bonds is 8. The number of hydrogen-bond donors (Lipinski definition) is 4. The van der Waals surface area contributed by atoms with Crippen LogP contribution in [-0.2, 0) is 26.8 Å². The molecule has 0 aliphatic carbocycles. The Bertz CT molecular complexity index is 1800. The summed E-state index contributed by atoms with van der Waals surface area (Å²) in [6, 6.07) is 4.05. The normalized spacial score (nSPS) is 18.0. The third kappa shape index (κ3) is 5.82. The van der Waals surface area contributed by atoms with Gasteiger partial charge in [0.1, 0.15) is 17.7 Å². The fourth-order valence-corrected chi connectivity index (χ4v) is 7.59. The predicted molar refractivity (Wildman–Crippen MR) is 161 cm³/mol. The van der Waals surface area contributed by atoms with E-state index in [4.69, 9.17) is 5.73 Å². The van der Waals surface area contributed by atoms with Gasteiger partial charge in [0, 0.05) is 56.5 Å². The second-order valence-corrected chi connectivity index (χ2v) is 13.9. The number of amides is 2. The van der Waals surface area contributed by atoms with E-state index >= 15 is 0 Å². The van der Waals surface area contributed by atoms with Gasteiger partial charge in [0.15, 0.2) is 5.82 Å². The van der Waals surface area contributed by atoms with Crippen molar-refractivity contribution >= 4 is 45.0 Å². The zero-order chi connectivity index (χ0) is 33.0. The highest BCUT2D eigenvalue weighted by molar-refractivity contribution is 7.89. The van der Waals surface area contributed by atoms with E-state index in [1.54, 1.807) is 37.7 Å². The highest BCUT2D eigenvalue weighted by atomic mass is 32.2. The first-order chi connectivity index (χ1) is 21.0. The second kappa shape index (κ2) is 11.4. The van der Waals surface area contributed by atoms with Crippen molar-refractivity contribution in [2.24, 2.45) is 5.73 Å². The third-order valence-electron chi connectivity index (χ3n) is 8.11. The molecule has 13 nitrogen and oxygen atoms in total. The molecule has 1 saturated heterocycles. The number of hydrogen-bond acceptors (Lipinski definition) is 8. The predicted octanol–water partition coefficient (Wildman–Crippen LogP) is 2.64. The summed E-state index contributed by atoms with van der Waals surface area (Å²) in [4.78, 5) is 41.1. The maximum atomic E-state index is 13.9. The Balaban J connectivity index is 1.54. The molecule has 0 radical (unpaired) electrons. The van der Waals surface area contributed by atoms with Gasteiger partial charge in [0.2, 0.25) is 15.9 Å². The summed E-state index contributed by atoms with van der Waals surface area (Å²) in [7, 11) is -0.948. The number of aliphatic carboxylic acids is 1. The number of primary amides is 1. The van der Waals surface area contributed by atoms with Crippen molar-refractivity contribution in [3.05, 3.63) is 64.4 Å². The van der Waals surface area contributed by atoms with Crippen LogP contribution in [0.1, 0.15) is 58.7 Å². The Morgan fingerprint density at radius 1 is 1.11 bits per heavy atom. The quantitative estimate of drug-likeness (QED) is 0.286. The minimum Gasteiger partial charge on any atom is -0.480 e. The van der Waals surface area contributed by atoms with Gasteiger partial charge in [-0.3, -0.25) is 14.7 Å². The Morgan fingerprint density at radius 3 is 2.38 bits per heavy atom. The molecule has 3 heterocycles. The van der Waals surface area contributed by atoms with E-state index in [1.807, 2.05) is 0 Å². The number of carbonyl (C=O) groups is 3. The maximum Gasteiger partial charge on any atom is 0.326 e. The van der Waals surface area contributed by atoms with Gasteiger partial charge in [-0.1, -0.05) is 13.8 Å². The van der Waals surface area contributed by atoms with Crippen molar-refractivity contribution in [2.75, 3.05) is 42.3 Å². The molecular weight excluding hydrogens is 612 g/mol. The van der Waals surface area contributed by atoms with E-state index in [1.165, 1.54) is 12.1 Å². The molecule has 0 saturated carbocycles. The van der Waals surface area contributed by atoms with Crippen LogP contribution in [0.5, 0.6) is 0 Å². The smallest absolute Gasteiger partial charge is 0.326 e. The molecular formula is C29H33F2N7O6S. The van der Waals surface area contributed by atoms with Gasteiger partial charge in [-0.05, 0) is 37.1 Å². The molecule has 2 aliphatic rings. The number of H-pyrrole nitrogens is 1. The monoisotopic (exact) mass is 645 g/mol. The van der Waals surface area contributed by atoms with Gasteiger partial charge in [-0.15, -0.1) is 0 Å².